The van der Waals surface area contributed by atoms with Crippen molar-refractivity contribution in [2.24, 2.45) is 0 Å². The summed E-state index contributed by atoms with van der Waals surface area (Å²) in [5, 5.41) is 15.2. The average molecular weight is 401 g/mol. The second-order valence-electron chi connectivity index (χ2n) is 7.41. The Balaban J connectivity index is 1.48. The average Bonchev–Trinajstić information content (AvgIpc) is 3.52. The molecular weight excluding hydrogens is 382 g/mol. The Hall–Kier alpha value is -3.10. The number of nitrogens with one attached hydrogen (secondary N) is 3. The summed E-state index contributed by atoms with van der Waals surface area (Å²) in [5.41, 5.74) is 7.63. The Labute approximate surface area is 170 Å². The summed E-state index contributed by atoms with van der Waals surface area (Å²) in [6, 6.07) is 6.29. The number of aromatic nitrogens is 6. The monoisotopic (exact) mass is 401 g/mol. The molecule has 0 saturated carbocycles. The number of hydrogen-bond acceptors (Lipinski definition) is 6. The van der Waals surface area contributed by atoms with Crippen LogP contribution in [0.2, 0.25) is 0 Å². The fourth-order valence-corrected chi connectivity index (χ4v) is 4.75. The number of fused-ring (bicyclic) bond motifs is 2. The Morgan fingerprint density at radius 2 is 1.90 bits per heavy atom. The summed E-state index contributed by atoms with van der Waals surface area (Å²) in [6.45, 7) is 2.09. The van der Waals surface area contributed by atoms with Gasteiger partial charge in [-0.25, -0.2) is 9.97 Å². The van der Waals surface area contributed by atoms with Gasteiger partial charge in [0.1, 0.15) is 11.0 Å². The van der Waals surface area contributed by atoms with Crippen molar-refractivity contribution in [2.45, 2.75) is 18.8 Å². The molecule has 8 heteroatoms. The van der Waals surface area contributed by atoms with E-state index < -0.39 is 0 Å². The summed E-state index contributed by atoms with van der Waals surface area (Å²) in [4.78, 5) is 17.6. The maximum Gasteiger partial charge on any atom is 0.161 e. The molecule has 0 amide bonds. The molecule has 144 valence electrons. The zero-order valence-corrected chi connectivity index (χ0v) is 16.5. The summed E-state index contributed by atoms with van der Waals surface area (Å²) in [6.07, 6.45) is 5.91. The molecule has 5 aromatic rings. The molecule has 7 nitrogen and oxygen atoms in total. The highest BCUT2D eigenvalue weighted by atomic mass is 32.1. The Bertz CT molecular complexity index is 1300. The van der Waals surface area contributed by atoms with Crippen LogP contribution >= 0.6 is 11.3 Å². The van der Waals surface area contributed by atoms with Crippen molar-refractivity contribution in [1.82, 2.24) is 35.5 Å². The van der Waals surface area contributed by atoms with E-state index in [1.807, 2.05) is 12.4 Å². The lowest BCUT2D eigenvalue weighted by Gasteiger charge is -2.22. The van der Waals surface area contributed by atoms with Crippen molar-refractivity contribution in [3.8, 4) is 22.6 Å². The van der Waals surface area contributed by atoms with E-state index in [2.05, 4.69) is 54.4 Å². The third-order valence-electron chi connectivity index (χ3n) is 5.64. The quantitative estimate of drug-likeness (QED) is 0.423. The lowest BCUT2D eigenvalue weighted by atomic mass is 9.94. The first-order chi connectivity index (χ1) is 14.4. The number of hydrogen-bond donors (Lipinski definition) is 3. The lowest BCUT2D eigenvalue weighted by molar-refractivity contribution is 0.454. The third-order valence-corrected chi connectivity index (χ3v) is 6.32. The maximum absolute atomic E-state index is 4.98. The third kappa shape index (κ3) is 2.83. The van der Waals surface area contributed by atoms with Gasteiger partial charge in [0.25, 0.3) is 0 Å². The highest BCUT2D eigenvalue weighted by Crippen LogP contribution is 2.32. The highest BCUT2D eigenvalue weighted by molar-refractivity contribution is 7.08. The molecule has 0 spiro atoms. The summed E-state index contributed by atoms with van der Waals surface area (Å²) in [5.74, 6) is 1.21. The lowest BCUT2D eigenvalue weighted by Crippen LogP contribution is -2.27. The number of pyridine rings is 2. The van der Waals surface area contributed by atoms with Crippen LogP contribution in [0.25, 0.3) is 44.7 Å². The Morgan fingerprint density at radius 3 is 2.76 bits per heavy atom. The first kappa shape index (κ1) is 16.8. The number of thiophene rings is 1. The summed E-state index contributed by atoms with van der Waals surface area (Å²) < 4.78 is 0. The van der Waals surface area contributed by atoms with Crippen molar-refractivity contribution in [3.05, 3.63) is 47.0 Å². The molecule has 0 aromatic carbocycles. The van der Waals surface area contributed by atoms with Crippen LogP contribution in [-0.2, 0) is 0 Å². The molecule has 0 atom stereocenters. The van der Waals surface area contributed by atoms with Gasteiger partial charge in [-0.1, -0.05) is 0 Å². The van der Waals surface area contributed by atoms with E-state index in [4.69, 9.17) is 9.97 Å². The summed E-state index contributed by atoms with van der Waals surface area (Å²) in [7, 11) is 0. The van der Waals surface area contributed by atoms with E-state index in [1.165, 1.54) is 0 Å². The van der Waals surface area contributed by atoms with Crippen molar-refractivity contribution in [2.75, 3.05) is 13.1 Å². The molecule has 1 fully saturated rings. The maximum atomic E-state index is 4.98. The van der Waals surface area contributed by atoms with E-state index in [0.29, 0.717) is 11.7 Å². The van der Waals surface area contributed by atoms with Crippen LogP contribution in [0.5, 0.6) is 0 Å². The molecule has 0 bridgehead atoms. The topological polar surface area (TPSA) is 95.2 Å². The van der Waals surface area contributed by atoms with Crippen LogP contribution < -0.4 is 5.32 Å². The first-order valence-electron chi connectivity index (χ1n) is 9.79. The minimum atomic E-state index is 0.494. The van der Waals surface area contributed by atoms with Crippen molar-refractivity contribution in [3.63, 3.8) is 0 Å². The van der Waals surface area contributed by atoms with Gasteiger partial charge in [0.2, 0.25) is 0 Å². The van der Waals surface area contributed by atoms with E-state index in [1.54, 1.807) is 11.3 Å². The zero-order valence-electron chi connectivity index (χ0n) is 15.6. The number of rotatable bonds is 3. The second kappa shape index (κ2) is 6.75. The molecule has 1 aliphatic heterocycles. The fraction of sp³-hybridized carbons (Fsp3) is 0.238. The van der Waals surface area contributed by atoms with Gasteiger partial charge in [0.15, 0.2) is 11.5 Å². The van der Waals surface area contributed by atoms with Crippen molar-refractivity contribution in [1.29, 1.82) is 0 Å². The van der Waals surface area contributed by atoms with E-state index in [9.17, 15) is 0 Å². The van der Waals surface area contributed by atoms with Crippen LogP contribution in [0.4, 0.5) is 0 Å². The van der Waals surface area contributed by atoms with Crippen LogP contribution in [-0.4, -0.2) is 43.2 Å². The van der Waals surface area contributed by atoms with Crippen molar-refractivity contribution >= 4 is 33.4 Å². The van der Waals surface area contributed by atoms with E-state index >= 15 is 0 Å². The fourth-order valence-electron chi connectivity index (χ4n) is 4.10. The van der Waals surface area contributed by atoms with Crippen LogP contribution in [0.1, 0.15) is 24.5 Å². The van der Waals surface area contributed by atoms with Gasteiger partial charge >= 0.3 is 0 Å². The molecule has 6 rings (SSSR count). The SMILES string of the molecule is c1cc(-c2cncc3[nH]c(-c4n[nH]c5ccc(C6CCNCC6)nc45)nc23)cs1. The zero-order chi connectivity index (χ0) is 19.2. The molecule has 0 radical (unpaired) electrons. The molecular formula is C21H19N7S. The molecule has 0 unspecified atom stereocenters. The first-order valence-corrected chi connectivity index (χ1v) is 10.7. The molecule has 29 heavy (non-hydrogen) atoms. The van der Waals surface area contributed by atoms with Gasteiger partial charge < -0.3 is 10.3 Å². The second-order valence-corrected chi connectivity index (χ2v) is 8.19. The van der Waals surface area contributed by atoms with Gasteiger partial charge in [0, 0.05) is 23.4 Å². The summed E-state index contributed by atoms with van der Waals surface area (Å²) >= 11 is 1.67. The molecule has 1 saturated heterocycles. The number of aromatic amines is 2. The minimum Gasteiger partial charge on any atom is -0.335 e. The van der Waals surface area contributed by atoms with E-state index in [0.717, 1.165) is 70.5 Å². The molecule has 0 aliphatic carbocycles. The van der Waals surface area contributed by atoms with Crippen LogP contribution in [0, 0.1) is 0 Å². The molecule has 6 heterocycles. The molecule has 1 aliphatic rings. The predicted molar refractivity (Wildman–Crippen MR) is 115 cm³/mol. The predicted octanol–water partition coefficient (Wildman–Crippen LogP) is 4.09. The highest BCUT2D eigenvalue weighted by Gasteiger charge is 2.20. The molecule has 3 N–H and O–H groups in total. The molecule has 5 aromatic heterocycles. The normalized spacial score (nSPS) is 15.4. The number of imidazole rings is 1. The largest absolute Gasteiger partial charge is 0.335 e. The van der Waals surface area contributed by atoms with E-state index in [-0.39, 0.29) is 0 Å². The Morgan fingerprint density at radius 1 is 0.966 bits per heavy atom. The van der Waals surface area contributed by atoms with Crippen LogP contribution in [0.3, 0.4) is 0 Å². The van der Waals surface area contributed by atoms with Gasteiger partial charge in [-0.05, 0) is 60.5 Å². The Kier molecular flexibility index (Phi) is 3.92. The van der Waals surface area contributed by atoms with Crippen LogP contribution in [0.15, 0.2) is 41.4 Å². The van der Waals surface area contributed by atoms with Gasteiger partial charge in [-0.2, -0.15) is 16.4 Å². The minimum absolute atomic E-state index is 0.494. The number of H-pyrrole nitrogens is 2. The van der Waals surface area contributed by atoms with Crippen molar-refractivity contribution < 1.29 is 0 Å². The number of piperidine rings is 1. The van der Waals surface area contributed by atoms with Gasteiger partial charge in [0.05, 0.1) is 17.2 Å². The smallest absolute Gasteiger partial charge is 0.161 e. The van der Waals surface area contributed by atoms with Gasteiger partial charge in [-0.3, -0.25) is 10.1 Å². The number of nitrogens with zero attached hydrogens (tertiary/aromatic N) is 4. The standard InChI is InChI=1S/C21H19N7S/c1-2-16-19(24-15(1)12-3-6-22-7-4-12)20(28-27-16)21-25-17-10-23-9-14(18(17)26-21)13-5-8-29-11-13/h1-2,5,8-12,22H,3-4,6-7H2,(H,25,26)(H,27,28). The van der Waals surface area contributed by atoms with Gasteiger partial charge in [-0.15, -0.1) is 0 Å².